The van der Waals surface area contributed by atoms with Crippen molar-refractivity contribution in [1.82, 2.24) is 4.90 Å². The number of anilines is 1. The van der Waals surface area contributed by atoms with Gasteiger partial charge in [-0.15, -0.1) is 11.3 Å². The maximum absolute atomic E-state index is 3.73. The third-order valence-electron chi connectivity index (χ3n) is 4.04. The second-order valence-corrected chi connectivity index (χ2v) is 5.91. The Bertz CT molecular complexity index is 361. The fraction of sp³-hybridized carbons (Fsp3) is 0.692. The minimum Gasteiger partial charge on any atom is -0.381 e. The lowest BCUT2D eigenvalue weighted by atomic mass is 9.97. The van der Waals surface area contributed by atoms with Crippen molar-refractivity contribution in [3.63, 3.8) is 0 Å². The average Bonchev–Trinajstić information content (AvgIpc) is 2.88. The number of fused-ring (bicyclic) bond motifs is 1. The molecule has 0 radical (unpaired) electrons. The monoisotopic (exact) mass is 236 g/mol. The molecule has 0 aromatic carbocycles. The van der Waals surface area contributed by atoms with Crippen molar-refractivity contribution < 1.29 is 0 Å². The molecule has 88 valence electrons. The van der Waals surface area contributed by atoms with Crippen molar-refractivity contribution in [2.75, 3.05) is 18.4 Å². The van der Waals surface area contributed by atoms with Gasteiger partial charge in [0.2, 0.25) is 0 Å². The molecule has 1 aromatic heterocycles. The quantitative estimate of drug-likeness (QED) is 0.849. The summed E-state index contributed by atoms with van der Waals surface area (Å²) in [5.74, 6) is 0. The van der Waals surface area contributed by atoms with Gasteiger partial charge < -0.3 is 10.2 Å². The number of hydrogen-bond acceptors (Lipinski definition) is 3. The van der Waals surface area contributed by atoms with Crippen LogP contribution in [0.4, 0.5) is 5.69 Å². The van der Waals surface area contributed by atoms with Gasteiger partial charge in [-0.2, -0.15) is 0 Å². The predicted molar refractivity (Wildman–Crippen MR) is 70.3 cm³/mol. The number of aryl methyl sites for hydroxylation is 1. The van der Waals surface area contributed by atoms with E-state index in [9.17, 15) is 0 Å². The Kier molecular flexibility index (Phi) is 2.90. The highest BCUT2D eigenvalue weighted by molar-refractivity contribution is 7.08. The molecule has 0 bridgehead atoms. The Hall–Kier alpha value is -0.540. The number of piperidine rings is 1. The Morgan fingerprint density at radius 2 is 2.25 bits per heavy atom. The summed E-state index contributed by atoms with van der Waals surface area (Å²) in [6, 6.07) is 1.57. The summed E-state index contributed by atoms with van der Waals surface area (Å²) in [5.41, 5.74) is 2.76. The molecule has 0 saturated carbocycles. The van der Waals surface area contributed by atoms with Crippen LogP contribution in [0.15, 0.2) is 10.8 Å². The van der Waals surface area contributed by atoms with Crippen molar-refractivity contribution in [1.29, 1.82) is 0 Å². The Labute approximate surface area is 102 Å². The van der Waals surface area contributed by atoms with Crippen molar-refractivity contribution in [3.8, 4) is 0 Å². The van der Waals surface area contributed by atoms with Crippen LogP contribution < -0.4 is 5.32 Å². The number of thiophene rings is 1. The summed E-state index contributed by atoms with van der Waals surface area (Å²) < 4.78 is 0. The molecule has 2 aliphatic rings. The normalized spacial score (nSPS) is 30.3. The summed E-state index contributed by atoms with van der Waals surface area (Å²) >= 11 is 1.80. The molecule has 3 rings (SSSR count). The van der Waals surface area contributed by atoms with Crippen molar-refractivity contribution in [2.45, 2.75) is 44.7 Å². The molecular formula is C13H20N2S. The smallest absolute Gasteiger partial charge is 0.0480 e. The lowest BCUT2D eigenvalue weighted by Crippen LogP contribution is -2.42. The van der Waals surface area contributed by atoms with Crippen LogP contribution in [0.2, 0.25) is 0 Å². The van der Waals surface area contributed by atoms with Crippen LogP contribution in [0, 0.1) is 6.92 Å². The lowest BCUT2D eigenvalue weighted by molar-refractivity contribution is 0.188. The van der Waals surface area contributed by atoms with Gasteiger partial charge in [0, 0.05) is 29.7 Å². The fourth-order valence-corrected chi connectivity index (χ4v) is 3.87. The minimum atomic E-state index is 0.702. The first-order chi connectivity index (χ1) is 7.83. The van der Waals surface area contributed by atoms with E-state index in [4.69, 9.17) is 0 Å². The van der Waals surface area contributed by atoms with Crippen LogP contribution in [-0.4, -0.2) is 30.1 Å². The Morgan fingerprint density at radius 1 is 1.31 bits per heavy atom. The zero-order valence-corrected chi connectivity index (χ0v) is 10.7. The summed E-state index contributed by atoms with van der Waals surface area (Å²) in [7, 11) is 0. The molecular weight excluding hydrogens is 216 g/mol. The average molecular weight is 236 g/mol. The zero-order valence-electron chi connectivity index (χ0n) is 9.91. The van der Waals surface area contributed by atoms with E-state index in [1.165, 1.54) is 50.0 Å². The van der Waals surface area contributed by atoms with Crippen LogP contribution in [0.1, 0.15) is 31.2 Å². The minimum absolute atomic E-state index is 0.702. The Balaban J connectivity index is 1.62. The largest absolute Gasteiger partial charge is 0.381 e. The molecule has 3 heterocycles. The summed E-state index contributed by atoms with van der Waals surface area (Å²) in [6.45, 7) is 4.84. The second kappa shape index (κ2) is 4.38. The molecule has 2 fully saturated rings. The van der Waals surface area contributed by atoms with Crippen LogP contribution >= 0.6 is 11.3 Å². The molecule has 0 amide bonds. The van der Waals surface area contributed by atoms with Crippen LogP contribution in [-0.2, 0) is 0 Å². The van der Waals surface area contributed by atoms with Crippen molar-refractivity contribution >= 4 is 17.0 Å². The summed E-state index contributed by atoms with van der Waals surface area (Å²) in [4.78, 5) is 2.68. The molecule has 2 aliphatic heterocycles. The van der Waals surface area contributed by atoms with Gasteiger partial charge >= 0.3 is 0 Å². The van der Waals surface area contributed by atoms with Gasteiger partial charge in [-0.3, -0.25) is 0 Å². The van der Waals surface area contributed by atoms with Gasteiger partial charge in [-0.05, 0) is 50.1 Å². The number of rotatable bonds is 2. The van der Waals surface area contributed by atoms with Gasteiger partial charge in [0.1, 0.15) is 0 Å². The fourth-order valence-electron chi connectivity index (χ4n) is 3.08. The van der Waals surface area contributed by atoms with Crippen molar-refractivity contribution in [3.05, 3.63) is 16.3 Å². The molecule has 16 heavy (non-hydrogen) atoms. The Morgan fingerprint density at radius 3 is 3.06 bits per heavy atom. The van der Waals surface area contributed by atoms with Gasteiger partial charge in [-0.25, -0.2) is 0 Å². The van der Waals surface area contributed by atoms with Gasteiger partial charge in [0.15, 0.2) is 0 Å². The van der Waals surface area contributed by atoms with E-state index in [0.29, 0.717) is 6.04 Å². The zero-order chi connectivity index (χ0) is 11.0. The first kappa shape index (κ1) is 10.6. The molecule has 0 aliphatic carbocycles. The third-order valence-corrected chi connectivity index (χ3v) is 4.90. The van der Waals surface area contributed by atoms with E-state index in [-0.39, 0.29) is 0 Å². The second-order valence-electron chi connectivity index (χ2n) is 5.17. The standard InChI is InChI=1S/C13H20N2S/c1-10-8-16-9-13(10)14-11-4-6-15-5-2-3-12(15)7-11/h8-9,11-12,14H,2-7H2,1H3. The number of nitrogens with one attached hydrogen (secondary N) is 1. The number of nitrogens with zero attached hydrogens (tertiary/aromatic N) is 1. The predicted octanol–water partition coefficient (Wildman–Crippen LogP) is 3.10. The van der Waals surface area contributed by atoms with E-state index in [1.54, 1.807) is 11.3 Å². The molecule has 2 saturated heterocycles. The first-order valence-electron chi connectivity index (χ1n) is 6.36. The van der Waals surface area contributed by atoms with Crippen LogP contribution in [0.3, 0.4) is 0 Å². The summed E-state index contributed by atoms with van der Waals surface area (Å²) in [5, 5.41) is 8.20. The van der Waals surface area contributed by atoms with E-state index in [0.717, 1.165) is 6.04 Å². The first-order valence-corrected chi connectivity index (χ1v) is 7.30. The topological polar surface area (TPSA) is 15.3 Å². The maximum atomic E-state index is 3.73. The van der Waals surface area contributed by atoms with Crippen LogP contribution in [0.5, 0.6) is 0 Å². The van der Waals surface area contributed by atoms with E-state index in [2.05, 4.69) is 27.9 Å². The SMILES string of the molecule is Cc1cscc1NC1CCN2CCCC2C1. The van der Waals surface area contributed by atoms with Gasteiger partial charge in [0.25, 0.3) is 0 Å². The molecule has 2 atom stereocenters. The van der Waals surface area contributed by atoms with Crippen molar-refractivity contribution in [2.24, 2.45) is 0 Å². The highest BCUT2D eigenvalue weighted by Crippen LogP contribution is 2.29. The lowest BCUT2D eigenvalue weighted by Gasteiger charge is -2.35. The van der Waals surface area contributed by atoms with Crippen LogP contribution in [0.25, 0.3) is 0 Å². The molecule has 2 nitrogen and oxygen atoms in total. The van der Waals surface area contributed by atoms with E-state index < -0.39 is 0 Å². The highest BCUT2D eigenvalue weighted by Gasteiger charge is 2.31. The molecule has 0 spiro atoms. The van der Waals surface area contributed by atoms with Gasteiger partial charge in [0.05, 0.1) is 0 Å². The van der Waals surface area contributed by atoms with Gasteiger partial charge in [-0.1, -0.05) is 0 Å². The van der Waals surface area contributed by atoms with E-state index >= 15 is 0 Å². The van der Waals surface area contributed by atoms with E-state index in [1.807, 2.05) is 0 Å². The molecule has 2 unspecified atom stereocenters. The third kappa shape index (κ3) is 1.98. The number of hydrogen-bond donors (Lipinski definition) is 1. The molecule has 1 aromatic rings. The summed E-state index contributed by atoms with van der Waals surface area (Å²) in [6.07, 6.45) is 5.48. The maximum Gasteiger partial charge on any atom is 0.0480 e. The molecule has 1 N–H and O–H groups in total. The molecule has 3 heteroatoms. The highest BCUT2D eigenvalue weighted by atomic mass is 32.1.